The van der Waals surface area contributed by atoms with Crippen LogP contribution in [0.5, 0.6) is 0 Å². The lowest BCUT2D eigenvalue weighted by molar-refractivity contribution is -0.147. The van der Waals surface area contributed by atoms with Gasteiger partial charge in [0.1, 0.15) is 6.04 Å². The van der Waals surface area contributed by atoms with Gasteiger partial charge in [0.25, 0.3) is 0 Å². The Balaban J connectivity index is 2.04. The number of halogens is 1. The molecule has 0 radical (unpaired) electrons. The summed E-state index contributed by atoms with van der Waals surface area (Å²) in [6.45, 7) is 5.88. The number of ether oxygens (including phenoxy) is 1. The van der Waals surface area contributed by atoms with Crippen molar-refractivity contribution in [2.24, 2.45) is 0 Å². The monoisotopic (exact) mass is 465 g/mol. The van der Waals surface area contributed by atoms with E-state index in [1.165, 1.54) is 12.3 Å². The van der Waals surface area contributed by atoms with E-state index in [2.05, 4.69) is 66.5 Å². The number of esters is 1. The maximum absolute atomic E-state index is 13.3. The second kappa shape index (κ2) is 11.5. The molecule has 0 aromatic heterocycles. The topological polar surface area (TPSA) is 29.5 Å². The molecule has 3 nitrogen and oxygen atoms in total. The van der Waals surface area contributed by atoms with E-state index in [4.69, 9.17) is 16.3 Å². The number of carbonyl (C=O) groups excluding carboxylic acids is 1. The molecular weight excluding hydrogens is 434 g/mol. The normalized spacial score (nSPS) is 13.5. The Kier molecular flexibility index (Phi) is 8.68. The van der Waals surface area contributed by atoms with Crippen LogP contribution in [0.15, 0.2) is 91.0 Å². The van der Waals surface area contributed by atoms with E-state index in [1.807, 2.05) is 42.5 Å². The molecule has 3 aromatic carbocycles. The fourth-order valence-corrected chi connectivity index (χ4v) is 8.66. The molecule has 0 aliphatic rings. The minimum atomic E-state index is -2.12. The molecule has 5 heteroatoms. The molecule has 3 aromatic rings. The van der Waals surface area contributed by atoms with Crippen molar-refractivity contribution in [3.05, 3.63) is 102 Å². The summed E-state index contributed by atoms with van der Waals surface area (Å²) in [7, 11) is -0.649. The highest BCUT2D eigenvalue weighted by atomic mass is 35.5. The van der Waals surface area contributed by atoms with Crippen LogP contribution in [0.3, 0.4) is 0 Å². The molecule has 0 aliphatic heterocycles. The van der Waals surface area contributed by atoms with E-state index in [1.54, 1.807) is 0 Å². The lowest BCUT2D eigenvalue weighted by Crippen LogP contribution is -2.57. The van der Waals surface area contributed by atoms with Crippen molar-refractivity contribution < 1.29 is 9.53 Å². The molecule has 0 amide bonds. The van der Waals surface area contributed by atoms with Crippen LogP contribution in [0.4, 0.5) is 0 Å². The Labute approximate surface area is 198 Å². The van der Waals surface area contributed by atoms with Crippen LogP contribution in [0.1, 0.15) is 11.1 Å². The van der Waals surface area contributed by atoms with Crippen LogP contribution < -0.4 is 5.19 Å². The fourth-order valence-electron chi connectivity index (χ4n) is 4.33. The van der Waals surface area contributed by atoms with Crippen molar-refractivity contribution in [2.45, 2.75) is 37.8 Å². The summed E-state index contributed by atoms with van der Waals surface area (Å²) >= 11 is 6.65. The van der Waals surface area contributed by atoms with Gasteiger partial charge < -0.3 is 4.74 Å². The van der Waals surface area contributed by atoms with Gasteiger partial charge in [-0.25, -0.2) is 0 Å². The van der Waals surface area contributed by atoms with Crippen LogP contribution in [-0.4, -0.2) is 38.0 Å². The minimum Gasteiger partial charge on any atom is -0.468 e. The van der Waals surface area contributed by atoms with Crippen LogP contribution in [0.25, 0.3) is 0 Å². The second-order valence-corrected chi connectivity index (χ2v) is 13.8. The van der Waals surface area contributed by atoms with Crippen molar-refractivity contribution >= 4 is 30.8 Å². The van der Waals surface area contributed by atoms with Crippen LogP contribution in [-0.2, 0) is 22.6 Å². The van der Waals surface area contributed by atoms with Crippen molar-refractivity contribution in [1.82, 2.24) is 4.90 Å². The average molecular weight is 466 g/mol. The number of methoxy groups -OCH3 is 1. The summed E-state index contributed by atoms with van der Waals surface area (Å²) in [5, 5.41) is 1.29. The van der Waals surface area contributed by atoms with Gasteiger partial charge in [-0.3, -0.25) is 9.69 Å². The first kappa shape index (κ1) is 24.2. The van der Waals surface area contributed by atoms with Crippen molar-refractivity contribution in [3.63, 3.8) is 0 Å². The molecule has 2 atom stereocenters. The molecule has 0 saturated carbocycles. The molecule has 0 fully saturated rings. The van der Waals surface area contributed by atoms with Gasteiger partial charge in [0.15, 0.2) is 0 Å². The maximum Gasteiger partial charge on any atom is 0.323 e. The Morgan fingerprint density at radius 1 is 0.844 bits per heavy atom. The fraction of sp³-hybridized carbons (Fsp3) is 0.296. The highest BCUT2D eigenvalue weighted by molar-refractivity contribution is 6.91. The summed E-state index contributed by atoms with van der Waals surface area (Å²) in [5.41, 5.74) is 2.29. The predicted molar refractivity (Wildman–Crippen MR) is 136 cm³/mol. The molecule has 0 N–H and O–H groups in total. The number of nitrogens with zero attached hydrogens (tertiary/aromatic N) is 1. The first-order valence-corrected chi connectivity index (χ1v) is 14.6. The molecule has 0 heterocycles. The Hall–Kier alpha value is -2.40. The first-order valence-electron chi connectivity index (χ1n) is 11.0. The van der Waals surface area contributed by atoms with E-state index >= 15 is 0 Å². The smallest absolute Gasteiger partial charge is 0.323 e. The van der Waals surface area contributed by atoms with Crippen molar-refractivity contribution in [3.8, 4) is 0 Å². The minimum absolute atomic E-state index is 0.0218. The Morgan fingerprint density at radius 2 is 1.28 bits per heavy atom. The van der Waals surface area contributed by atoms with E-state index in [0.29, 0.717) is 19.0 Å². The molecule has 0 unspecified atom stereocenters. The molecule has 0 aliphatic carbocycles. The standard InChI is InChI=1S/C27H32ClNO2Si/c1-31-27(30)26(25(19-28)32(2,3)24-17-11-6-12-18-24)29(20-22-13-7-4-8-14-22)21-23-15-9-5-10-16-23/h4-18,25-26H,19-21H2,1-3H3/t25-,26-/m0/s1. The number of alkyl halides is 1. The second-order valence-electron chi connectivity index (χ2n) is 8.69. The van der Waals surface area contributed by atoms with Gasteiger partial charge in [-0.1, -0.05) is 109 Å². The zero-order valence-corrected chi connectivity index (χ0v) is 20.8. The van der Waals surface area contributed by atoms with Crippen molar-refractivity contribution in [1.29, 1.82) is 0 Å². The largest absolute Gasteiger partial charge is 0.468 e. The van der Waals surface area contributed by atoms with Crippen molar-refractivity contribution in [2.75, 3.05) is 13.0 Å². The lowest BCUT2D eigenvalue weighted by Gasteiger charge is -2.41. The Morgan fingerprint density at radius 3 is 1.69 bits per heavy atom. The zero-order valence-electron chi connectivity index (χ0n) is 19.1. The van der Waals surface area contributed by atoms with E-state index in [0.717, 1.165) is 11.1 Å². The highest BCUT2D eigenvalue weighted by Crippen LogP contribution is 2.33. The van der Waals surface area contributed by atoms with Crippen LogP contribution in [0.2, 0.25) is 18.6 Å². The van der Waals surface area contributed by atoms with E-state index in [-0.39, 0.29) is 11.5 Å². The predicted octanol–water partition coefficient (Wildman–Crippen LogP) is 5.46. The highest BCUT2D eigenvalue weighted by Gasteiger charge is 2.44. The van der Waals surface area contributed by atoms with Gasteiger partial charge in [0, 0.05) is 19.0 Å². The summed E-state index contributed by atoms with van der Waals surface area (Å²) < 4.78 is 5.37. The molecule has 0 spiro atoms. The maximum atomic E-state index is 13.3. The molecule has 0 bridgehead atoms. The molecule has 0 saturated heterocycles. The third-order valence-electron chi connectivity index (χ3n) is 6.29. The molecule has 32 heavy (non-hydrogen) atoms. The lowest BCUT2D eigenvalue weighted by atomic mass is 10.1. The SMILES string of the molecule is COC(=O)[C@H]([C@H](CCl)[Si](C)(C)c1ccccc1)N(Cc1ccccc1)Cc1ccccc1. The summed E-state index contributed by atoms with van der Waals surface area (Å²) in [6, 6.07) is 30.6. The average Bonchev–Trinajstić information content (AvgIpc) is 2.83. The summed E-state index contributed by atoms with van der Waals surface area (Å²) in [6.07, 6.45) is 0. The van der Waals surface area contributed by atoms with Gasteiger partial charge in [-0.15, -0.1) is 11.6 Å². The number of benzene rings is 3. The van der Waals surface area contributed by atoms with Gasteiger partial charge in [-0.05, 0) is 16.7 Å². The molecule has 168 valence electrons. The third-order valence-corrected chi connectivity index (χ3v) is 11.1. The first-order chi connectivity index (χ1) is 15.5. The number of hydrogen-bond acceptors (Lipinski definition) is 3. The summed E-state index contributed by atoms with van der Waals surface area (Å²) in [5.74, 6) is 0.174. The molecule has 3 rings (SSSR count). The van der Waals surface area contributed by atoms with E-state index < -0.39 is 14.1 Å². The Bertz CT molecular complexity index is 925. The summed E-state index contributed by atoms with van der Waals surface area (Å²) in [4.78, 5) is 15.5. The quantitative estimate of drug-likeness (QED) is 0.226. The van der Waals surface area contributed by atoms with Gasteiger partial charge in [0.2, 0.25) is 0 Å². The number of carbonyl (C=O) groups is 1. The zero-order chi connectivity index (χ0) is 23.0. The van der Waals surface area contributed by atoms with E-state index in [9.17, 15) is 4.79 Å². The van der Waals surface area contributed by atoms with Gasteiger partial charge in [-0.2, -0.15) is 0 Å². The van der Waals surface area contributed by atoms with Crippen LogP contribution in [0, 0.1) is 0 Å². The van der Waals surface area contributed by atoms with Crippen LogP contribution >= 0.6 is 11.6 Å². The number of hydrogen-bond donors (Lipinski definition) is 0. The third kappa shape index (κ3) is 5.88. The van der Waals surface area contributed by atoms with Gasteiger partial charge >= 0.3 is 5.97 Å². The number of rotatable bonds is 10. The van der Waals surface area contributed by atoms with Gasteiger partial charge in [0.05, 0.1) is 15.2 Å². The molecular formula is C27H32ClNO2Si.